The molecule has 0 saturated carbocycles. The van der Waals surface area contributed by atoms with Crippen LogP contribution in [0.2, 0.25) is 0 Å². The smallest absolute Gasteiger partial charge is 0.252 e. The summed E-state index contributed by atoms with van der Waals surface area (Å²) in [4.78, 5) is 30.0. The van der Waals surface area contributed by atoms with Gasteiger partial charge < -0.3 is 19.4 Å². The number of fused-ring (bicyclic) bond motifs is 1. The fourth-order valence-electron chi connectivity index (χ4n) is 3.28. The van der Waals surface area contributed by atoms with Gasteiger partial charge in [-0.3, -0.25) is 9.59 Å². The molecule has 1 aromatic heterocycles. The van der Waals surface area contributed by atoms with E-state index in [-0.39, 0.29) is 17.7 Å². The number of amides is 1. The van der Waals surface area contributed by atoms with Crippen LogP contribution < -0.4 is 14.8 Å². The zero-order valence-corrected chi connectivity index (χ0v) is 16.0. The molecule has 0 fully saturated rings. The van der Waals surface area contributed by atoms with E-state index in [0.717, 1.165) is 0 Å². The summed E-state index contributed by atoms with van der Waals surface area (Å²) in [5.41, 5.74) is 1.13. The summed E-state index contributed by atoms with van der Waals surface area (Å²) >= 11 is 0. The van der Waals surface area contributed by atoms with Crippen molar-refractivity contribution in [3.63, 3.8) is 0 Å². The number of aromatic nitrogens is 2. The third kappa shape index (κ3) is 4.13. The fraction of sp³-hybridized carbons (Fsp3) is 0.227. The Hall–Kier alpha value is -3.61. The summed E-state index contributed by atoms with van der Waals surface area (Å²) in [5.74, 6) is 0.624. The van der Waals surface area contributed by atoms with Crippen molar-refractivity contribution in [3.8, 4) is 11.5 Å². The number of imidazole rings is 1. The molecule has 2 heterocycles. The van der Waals surface area contributed by atoms with Crippen molar-refractivity contribution in [2.45, 2.75) is 19.5 Å². The molecule has 7 heteroatoms. The number of hydrogen-bond donors (Lipinski definition) is 1. The third-order valence-electron chi connectivity index (χ3n) is 4.64. The number of carbonyl (C=O) groups is 2. The van der Waals surface area contributed by atoms with Crippen LogP contribution in [-0.2, 0) is 6.54 Å². The molecule has 148 valence electrons. The molecule has 2 aromatic carbocycles. The zero-order valence-electron chi connectivity index (χ0n) is 16.0. The number of ether oxygens (including phenoxy) is 2. The monoisotopic (exact) mass is 391 g/mol. The van der Waals surface area contributed by atoms with Crippen molar-refractivity contribution in [1.29, 1.82) is 0 Å². The predicted molar refractivity (Wildman–Crippen MR) is 106 cm³/mol. The highest BCUT2D eigenvalue weighted by molar-refractivity contribution is 6.15. The predicted octanol–water partition coefficient (Wildman–Crippen LogP) is 2.70. The van der Waals surface area contributed by atoms with E-state index < -0.39 is 0 Å². The number of carbonyl (C=O) groups excluding carboxylic acids is 2. The zero-order chi connectivity index (χ0) is 20.2. The van der Waals surface area contributed by atoms with E-state index in [1.165, 1.54) is 0 Å². The molecule has 0 spiro atoms. The van der Waals surface area contributed by atoms with Gasteiger partial charge in [-0.25, -0.2) is 4.98 Å². The first-order valence-electron chi connectivity index (χ1n) is 9.42. The average molecular weight is 391 g/mol. The maximum Gasteiger partial charge on any atom is 0.252 e. The molecule has 1 aliphatic rings. The van der Waals surface area contributed by atoms with Crippen LogP contribution in [0.5, 0.6) is 11.5 Å². The summed E-state index contributed by atoms with van der Waals surface area (Å²) in [6, 6.07) is 11.7. The summed E-state index contributed by atoms with van der Waals surface area (Å²) in [5, 5.41) is 2.95. The minimum atomic E-state index is -0.292. The molecule has 1 amide bonds. The summed E-state index contributed by atoms with van der Waals surface area (Å²) in [7, 11) is 0. The summed E-state index contributed by atoms with van der Waals surface area (Å²) in [6.07, 6.45) is 5.22. The molecule has 29 heavy (non-hydrogen) atoms. The largest absolute Gasteiger partial charge is 0.486 e. The fourth-order valence-corrected chi connectivity index (χ4v) is 3.28. The Labute approximate surface area is 168 Å². The number of nitrogens with zero attached hydrogens (tertiary/aromatic N) is 2. The van der Waals surface area contributed by atoms with E-state index in [9.17, 15) is 9.59 Å². The Morgan fingerprint density at radius 3 is 2.62 bits per heavy atom. The molecule has 7 nitrogen and oxygen atoms in total. The van der Waals surface area contributed by atoms with Gasteiger partial charge in [0.25, 0.3) is 5.91 Å². The van der Waals surface area contributed by atoms with Crippen molar-refractivity contribution in [1.82, 2.24) is 14.9 Å². The highest BCUT2D eigenvalue weighted by atomic mass is 16.6. The van der Waals surface area contributed by atoms with E-state index in [0.29, 0.717) is 47.9 Å². The van der Waals surface area contributed by atoms with Crippen molar-refractivity contribution < 1.29 is 19.1 Å². The molecule has 1 N–H and O–H groups in total. The van der Waals surface area contributed by atoms with E-state index in [1.54, 1.807) is 55.0 Å². The Balaban J connectivity index is 1.54. The van der Waals surface area contributed by atoms with Gasteiger partial charge in [-0.15, -0.1) is 0 Å². The average Bonchev–Trinajstić information content (AvgIpc) is 3.25. The molecular weight excluding hydrogens is 370 g/mol. The van der Waals surface area contributed by atoms with Gasteiger partial charge in [0.05, 0.1) is 11.9 Å². The first kappa shape index (κ1) is 18.7. The van der Waals surface area contributed by atoms with E-state index in [4.69, 9.17) is 9.47 Å². The molecule has 0 bridgehead atoms. The summed E-state index contributed by atoms with van der Waals surface area (Å²) in [6.45, 7) is 3.42. The molecule has 3 aromatic rings. The maximum atomic E-state index is 13.1. The molecule has 1 atom stereocenters. The van der Waals surface area contributed by atoms with Gasteiger partial charge in [-0.2, -0.15) is 0 Å². The molecule has 0 saturated heterocycles. The van der Waals surface area contributed by atoms with Gasteiger partial charge in [0, 0.05) is 36.1 Å². The SMILES string of the molecule is CC(Cn1ccnc1)NC(=O)c1ccccc1C(=O)c1ccc2c(c1)OCCO2. The third-order valence-corrected chi connectivity index (χ3v) is 4.64. The van der Waals surface area contributed by atoms with Gasteiger partial charge in [-0.05, 0) is 31.2 Å². The second-order valence-electron chi connectivity index (χ2n) is 6.87. The second kappa shape index (κ2) is 8.18. The molecular formula is C22H21N3O4. The number of nitrogens with one attached hydrogen (secondary N) is 1. The minimum Gasteiger partial charge on any atom is -0.486 e. The molecule has 1 aliphatic heterocycles. The minimum absolute atomic E-state index is 0.130. The lowest BCUT2D eigenvalue weighted by atomic mass is 9.97. The van der Waals surface area contributed by atoms with Crippen LogP contribution in [0, 0.1) is 0 Å². The molecule has 1 unspecified atom stereocenters. The number of benzene rings is 2. The van der Waals surface area contributed by atoms with Gasteiger partial charge >= 0.3 is 0 Å². The highest BCUT2D eigenvalue weighted by Crippen LogP contribution is 2.31. The van der Waals surface area contributed by atoms with Gasteiger partial charge in [-0.1, -0.05) is 18.2 Å². The molecule has 0 aliphatic carbocycles. The lowest BCUT2D eigenvalue weighted by molar-refractivity contribution is 0.0926. The van der Waals surface area contributed by atoms with E-state index in [1.807, 2.05) is 17.7 Å². The van der Waals surface area contributed by atoms with E-state index in [2.05, 4.69) is 10.3 Å². The number of ketones is 1. The van der Waals surface area contributed by atoms with E-state index >= 15 is 0 Å². The summed E-state index contributed by atoms with van der Waals surface area (Å²) < 4.78 is 13.0. The van der Waals surface area contributed by atoms with Crippen LogP contribution in [0.3, 0.4) is 0 Å². The first-order chi connectivity index (χ1) is 14.1. The Bertz CT molecular complexity index is 1030. The van der Waals surface area contributed by atoms with Crippen molar-refractivity contribution >= 4 is 11.7 Å². The second-order valence-corrected chi connectivity index (χ2v) is 6.87. The van der Waals surface area contributed by atoms with Gasteiger partial charge in [0.15, 0.2) is 17.3 Å². The number of hydrogen-bond acceptors (Lipinski definition) is 5. The maximum absolute atomic E-state index is 13.1. The van der Waals surface area contributed by atoms with Crippen LogP contribution in [0.1, 0.15) is 33.2 Å². The number of rotatable bonds is 6. The highest BCUT2D eigenvalue weighted by Gasteiger charge is 2.21. The van der Waals surface area contributed by atoms with Crippen LogP contribution in [0.4, 0.5) is 0 Å². The van der Waals surface area contributed by atoms with Crippen LogP contribution in [0.25, 0.3) is 0 Å². The lowest BCUT2D eigenvalue weighted by Crippen LogP contribution is -2.36. The first-order valence-corrected chi connectivity index (χ1v) is 9.42. The van der Waals surface area contributed by atoms with Crippen molar-refractivity contribution in [2.75, 3.05) is 13.2 Å². The van der Waals surface area contributed by atoms with Crippen LogP contribution in [-0.4, -0.2) is 40.5 Å². The lowest BCUT2D eigenvalue weighted by Gasteiger charge is -2.19. The Kier molecular flexibility index (Phi) is 5.29. The van der Waals surface area contributed by atoms with Gasteiger partial charge in [0.2, 0.25) is 0 Å². The Morgan fingerprint density at radius 1 is 1.10 bits per heavy atom. The normalized spacial score (nSPS) is 13.6. The standard InChI is InChI=1S/C22H21N3O4/c1-15(13-25-9-8-23-14-25)24-22(27)18-5-3-2-4-17(18)21(26)16-6-7-19-20(12-16)29-11-10-28-19/h2-9,12,14-15H,10-11,13H2,1H3,(H,24,27). The van der Waals surface area contributed by atoms with Gasteiger partial charge in [0.1, 0.15) is 13.2 Å². The quantitative estimate of drug-likeness (QED) is 0.654. The van der Waals surface area contributed by atoms with Crippen molar-refractivity contribution in [3.05, 3.63) is 77.9 Å². The van der Waals surface area contributed by atoms with Crippen LogP contribution in [0.15, 0.2) is 61.2 Å². The molecule has 0 radical (unpaired) electrons. The van der Waals surface area contributed by atoms with Crippen LogP contribution >= 0.6 is 0 Å². The Morgan fingerprint density at radius 2 is 1.86 bits per heavy atom. The molecule has 4 rings (SSSR count). The topological polar surface area (TPSA) is 82.5 Å². The van der Waals surface area contributed by atoms with Crippen molar-refractivity contribution in [2.24, 2.45) is 0 Å².